The van der Waals surface area contributed by atoms with Crippen LogP contribution in [-0.4, -0.2) is 59.0 Å². The quantitative estimate of drug-likeness (QED) is 0.414. The molecule has 2 aromatic carbocycles. The van der Waals surface area contributed by atoms with E-state index in [9.17, 15) is 4.79 Å². The minimum absolute atomic E-state index is 0.0888. The molecule has 36 heavy (non-hydrogen) atoms. The van der Waals surface area contributed by atoms with Crippen molar-refractivity contribution < 1.29 is 4.79 Å². The molecule has 2 fully saturated rings. The number of benzene rings is 2. The summed E-state index contributed by atoms with van der Waals surface area (Å²) in [6.07, 6.45) is 4.30. The summed E-state index contributed by atoms with van der Waals surface area (Å²) in [6.45, 7) is 7.69. The third-order valence-electron chi connectivity index (χ3n) is 7.68. The largest absolute Gasteiger partial charge is 0.388 e. The number of H-pyrrole nitrogens is 1. The van der Waals surface area contributed by atoms with Gasteiger partial charge in [0.2, 0.25) is 0 Å². The lowest BCUT2D eigenvalue weighted by Gasteiger charge is -2.40. The lowest BCUT2D eigenvalue weighted by molar-refractivity contribution is 0.0601. The highest BCUT2D eigenvalue weighted by Crippen LogP contribution is 2.32. The van der Waals surface area contributed by atoms with Crippen molar-refractivity contribution in [1.82, 2.24) is 19.9 Å². The molecule has 4 heterocycles. The summed E-state index contributed by atoms with van der Waals surface area (Å²) in [7, 11) is 1.92. The normalized spacial score (nSPS) is 16.0. The van der Waals surface area contributed by atoms with Crippen LogP contribution >= 0.6 is 0 Å². The Bertz CT molecular complexity index is 1430. The number of anilines is 2. The molecule has 0 aliphatic carbocycles. The Morgan fingerprint density at radius 3 is 2.50 bits per heavy atom. The number of aromatic amines is 1. The summed E-state index contributed by atoms with van der Waals surface area (Å²) >= 11 is 0. The molecule has 2 aliphatic heterocycles. The summed E-state index contributed by atoms with van der Waals surface area (Å²) in [5, 5.41) is 3.15. The predicted octanol–water partition coefficient (Wildman–Crippen LogP) is 5.12. The number of aryl methyl sites for hydroxylation is 2. The maximum atomic E-state index is 13.5. The standard InChI is InChI=1S/C29H32N6O/c1-18-12-19(2)24(29(36)35-16-21(17-35)20-6-8-22(30-3)9-7-20)13-23(18)28-32-25-14-27(31-15-26(25)33-28)34-10-4-5-11-34/h6-9,12-15,21,30H,4-5,10-11,16-17H2,1-3H3,(H,32,33). The molecule has 0 radical (unpaired) electrons. The molecule has 1 amide bonds. The zero-order chi connectivity index (χ0) is 24.8. The van der Waals surface area contributed by atoms with E-state index in [1.54, 1.807) is 0 Å². The lowest BCUT2D eigenvalue weighted by atomic mass is 9.90. The van der Waals surface area contributed by atoms with Crippen LogP contribution in [0.2, 0.25) is 0 Å². The number of hydrogen-bond acceptors (Lipinski definition) is 5. The van der Waals surface area contributed by atoms with Crippen LogP contribution < -0.4 is 10.2 Å². The fraction of sp³-hybridized carbons (Fsp3) is 0.345. The van der Waals surface area contributed by atoms with Crippen LogP contribution in [0.15, 0.2) is 48.7 Å². The smallest absolute Gasteiger partial charge is 0.254 e. The van der Waals surface area contributed by atoms with E-state index < -0.39 is 0 Å². The van der Waals surface area contributed by atoms with Gasteiger partial charge in [0.15, 0.2) is 0 Å². The number of likely N-dealkylation sites (tertiary alicyclic amines) is 1. The summed E-state index contributed by atoms with van der Waals surface area (Å²) in [4.78, 5) is 30.7. The van der Waals surface area contributed by atoms with E-state index in [-0.39, 0.29) is 5.91 Å². The fourth-order valence-electron chi connectivity index (χ4n) is 5.43. The first-order valence-electron chi connectivity index (χ1n) is 12.8. The van der Waals surface area contributed by atoms with Gasteiger partial charge in [-0.05, 0) is 61.6 Å². The molecule has 0 bridgehead atoms. The summed E-state index contributed by atoms with van der Waals surface area (Å²) in [6, 6.07) is 14.7. The first kappa shape index (κ1) is 22.6. The van der Waals surface area contributed by atoms with Crippen molar-refractivity contribution in [3.63, 3.8) is 0 Å². The second-order valence-corrected chi connectivity index (χ2v) is 10.1. The number of nitrogens with one attached hydrogen (secondary N) is 2. The van der Waals surface area contributed by atoms with Gasteiger partial charge in [-0.3, -0.25) is 4.79 Å². The van der Waals surface area contributed by atoms with E-state index in [1.807, 2.05) is 31.1 Å². The number of amides is 1. The molecule has 7 nitrogen and oxygen atoms in total. The molecule has 0 unspecified atom stereocenters. The third kappa shape index (κ3) is 3.98. The van der Waals surface area contributed by atoms with Gasteiger partial charge < -0.3 is 20.1 Å². The molecule has 4 aromatic rings. The van der Waals surface area contributed by atoms with Crippen molar-refractivity contribution >= 4 is 28.4 Å². The Morgan fingerprint density at radius 2 is 1.78 bits per heavy atom. The number of nitrogens with zero attached hydrogens (tertiary/aromatic N) is 4. The van der Waals surface area contributed by atoms with Gasteiger partial charge >= 0.3 is 0 Å². The van der Waals surface area contributed by atoms with E-state index in [0.717, 1.165) is 76.8 Å². The van der Waals surface area contributed by atoms with Gasteiger partial charge in [-0.25, -0.2) is 9.97 Å². The Morgan fingerprint density at radius 1 is 1.03 bits per heavy atom. The Labute approximate surface area is 211 Å². The van der Waals surface area contributed by atoms with Crippen molar-refractivity contribution in [3.8, 4) is 11.4 Å². The SMILES string of the molecule is CNc1ccc(C2CN(C(=O)c3cc(-c4nc5cc(N6CCCC6)ncc5[nH]4)c(C)cc3C)C2)cc1. The van der Waals surface area contributed by atoms with Gasteiger partial charge in [0.25, 0.3) is 5.91 Å². The highest BCUT2D eigenvalue weighted by Gasteiger charge is 2.33. The maximum absolute atomic E-state index is 13.5. The topological polar surface area (TPSA) is 77.2 Å². The number of hydrogen-bond donors (Lipinski definition) is 2. The van der Waals surface area contributed by atoms with Crippen molar-refractivity contribution in [2.24, 2.45) is 0 Å². The number of aromatic nitrogens is 3. The molecule has 7 heteroatoms. The van der Waals surface area contributed by atoms with Crippen molar-refractivity contribution in [1.29, 1.82) is 0 Å². The molecular weight excluding hydrogens is 448 g/mol. The Balaban J connectivity index is 1.24. The second-order valence-electron chi connectivity index (χ2n) is 10.1. The molecule has 0 spiro atoms. The zero-order valence-electron chi connectivity index (χ0n) is 21.1. The van der Waals surface area contributed by atoms with Crippen LogP contribution in [0.25, 0.3) is 22.4 Å². The van der Waals surface area contributed by atoms with Gasteiger partial charge in [0, 0.05) is 62.0 Å². The van der Waals surface area contributed by atoms with Crippen molar-refractivity contribution in [3.05, 3.63) is 70.9 Å². The van der Waals surface area contributed by atoms with Crippen molar-refractivity contribution in [2.75, 3.05) is 43.4 Å². The number of pyridine rings is 1. The highest BCUT2D eigenvalue weighted by atomic mass is 16.2. The summed E-state index contributed by atoms with van der Waals surface area (Å²) < 4.78 is 0. The number of carbonyl (C=O) groups is 1. The van der Waals surface area contributed by atoms with Gasteiger partial charge in [0.05, 0.1) is 17.2 Å². The van der Waals surface area contributed by atoms with E-state index in [0.29, 0.717) is 5.92 Å². The second kappa shape index (κ2) is 8.97. The highest BCUT2D eigenvalue weighted by molar-refractivity contribution is 5.98. The van der Waals surface area contributed by atoms with Crippen LogP contribution in [0.1, 0.15) is 45.8 Å². The maximum Gasteiger partial charge on any atom is 0.254 e. The number of fused-ring (bicyclic) bond motifs is 1. The monoisotopic (exact) mass is 480 g/mol. The molecule has 184 valence electrons. The molecule has 2 saturated heterocycles. The Hall–Kier alpha value is -3.87. The third-order valence-corrected chi connectivity index (χ3v) is 7.68. The lowest BCUT2D eigenvalue weighted by Crippen LogP contribution is -2.48. The van der Waals surface area contributed by atoms with E-state index >= 15 is 0 Å². The average molecular weight is 481 g/mol. The number of carbonyl (C=O) groups excluding carboxylic acids is 1. The van der Waals surface area contributed by atoms with Crippen molar-refractivity contribution in [2.45, 2.75) is 32.6 Å². The van der Waals surface area contributed by atoms with Gasteiger partial charge in [0.1, 0.15) is 11.6 Å². The van der Waals surface area contributed by atoms with Crippen LogP contribution in [0.3, 0.4) is 0 Å². The van der Waals surface area contributed by atoms with Crippen LogP contribution in [0.5, 0.6) is 0 Å². The molecule has 0 atom stereocenters. The number of rotatable bonds is 5. The van der Waals surface area contributed by atoms with E-state index in [2.05, 4.69) is 63.5 Å². The van der Waals surface area contributed by atoms with E-state index in [1.165, 1.54) is 18.4 Å². The van der Waals surface area contributed by atoms with E-state index in [4.69, 9.17) is 4.98 Å². The molecular formula is C29H32N6O. The average Bonchev–Trinajstić information content (AvgIpc) is 3.53. The minimum Gasteiger partial charge on any atom is -0.388 e. The van der Waals surface area contributed by atoms with Crippen LogP contribution in [-0.2, 0) is 0 Å². The minimum atomic E-state index is 0.0888. The van der Waals surface area contributed by atoms with Gasteiger partial charge in [-0.15, -0.1) is 0 Å². The summed E-state index contributed by atoms with van der Waals surface area (Å²) in [5.41, 5.74) is 8.00. The molecule has 2 N–H and O–H groups in total. The van der Waals surface area contributed by atoms with Crippen LogP contribution in [0, 0.1) is 13.8 Å². The summed E-state index contributed by atoms with van der Waals surface area (Å²) in [5.74, 6) is 2.24. The molecule has 2 aliphatic rings. The van der Waals surface area contributed by atoms with Crippen LogP contribution in [0.4, 0.5) is 11.5 Å². The Kier molecular flexibility index (Phi) is 5.63. The fourth-order valence-corrected chi connectivity index (χ4v) is 5.43. The van der Waals surface area contributed by atoms with Gasteiger partial charge in [-0.2, -0.15) is 0 Å². The predicted molar refractivity (Wildman–Crippen MR) is 145 cm³/mol. The molecule has 6 rings (SSSR count). The number of imidazole rings is 1. The molecule has 2 aromatic heterocycles. The zero-order valence-corrected chi connectivity index (χ0v) is 21.1. The first-order chi connectivity index (χ1) is 17.5. The molecule has 0 saturated carbocycles. The first-order valence-corrected chi connectivity index (χ1v) is 12.8. The van der Waals surface area contributed by atoms with Gasteiger partial charge in [-0.1, -0.05) is 18.2 Å².